The van der Waals surface area contributed by atoms with Gasteiger partial charge in [0.15, 0.2) is 0 Å². The van der Waals surface area contributed by atoms with E-state index in [1.165, 1.54) is 6.07 Å². The van der Waals surface area contributed by atoms with Crippen molar-refractivity contribution in [2.75, 3.05) is 6.61 Å². The Hall–Kier alpha value is -2.97. The molecule has 3 rings (SSSR count). The van der Waals surface area contributed by atoms with Gasteiger partial charge in [0.1, 0.15) is 18.1 Å². The van der Waals surface area contributed by atoms with Gasteiger partial charge in [-0.25, -0.2) is 13.6 Å². The Balaban J connectivity index is 1.55. The van der Waals surface area contributed by atoms with Gasteiger partial charge in [-0.1, -0.05) is 18.2 Å². The number of benzene rings is 2. The minimum Gasteiger partial charge on any atom is -0.488 e. The van der Waals surface area contributed by atoms with Crippen LogP contribution in [0.4, 0.5) is 22.4 Å². The molecule has 1 aliphatic rings. The number of nitrogens with one attached hydrogen (secondary N) is 2. The van der Waals surface area contributed by atoms with E-state index in [2.05, 4.69) is 15.4 Å². The number of hydrogen-bond acceptors (Lipinski definition) is 3. The fourth-order valence-electron chi connectivity index (χ4n) is 3.41. The minimum atomic E-state index is -2.88. The van der Waals surface area contributed by atoms with Gasteiger partial charge < -0.3 is 20.1 Å². The third-order valence-electron chi connectivity index (χ3n) is 4.69. The molecule has 0 spiro atoms. The SMILES string of the molecule is O=C(NCc1cccc(OCC(F)F)c1)NC1CCCc2cc(OC(F)F)ccc21. The fourth-order valence-corrected chi connectivity index (χ4v) is 3.41. The molecule has 0 aromatic heterocycles. The van der Waals surface area contributed by atoms with E-state index in [0.29, 0.717) is 11.3 Å². The Morgan fingerprint density at radius 1 is 1.10 bits per heavy atom. The number of urea groups is 1. The molecule has 0 heterocycles. The molecule has 9 heteroatoms. The summed E-state index contributed by atoms with van der Waals surface area (Å²) in [5, 5.41) is 5.62. The summed E-state index contributed by atoms with van der Waals surface area (Å²) in [6.45, 7) is -3.38. The highest BCUT2D eigenvalue weighted by Gasteiger charge is 2.22. The topological polar surface area (TPSA) is 59.6 Å². The van der Waals surface area contributed by atoms with Gasteiger partial charge >= 0.3 is 12.6 Å². The van der Waals surface area contributed by atoms with Crippen molar-refractivity contribution in [3.63, 3.8) is 0 Å². The summed E-state index contributed by atoms with van der Waals surface area (Å²) in [5.41, 5.74) is 2.45. The van der Waals surface area contributed by atoms with Crippen LogP contribution in [0.1, 0.15) is 35.6 Å². The summed E-state index contributed by atoms with van der Waals surface area (Å²) < 4.78 is 58.7. The number of aryl methyl sites for hydroxylation is 1. The molecule has 30 heavy (non-hydrogen) atoms. The maximum atomic E-state index is 12.4. The van der Waals surface area contributed by atoms with Crippen LogP contribution in [0.25, 0.3) is 0 Å². The van der Waals surface area contributed by atoms with E-state index < -0.39 is 19.6 Å². The van der Waals surface area contributed by atoms with Crippen LogP contribution in [-0.2, 0) is 13.0 Å². The van der Waals surface area contributed by atoms with Crippen molar-refractivity contribution in [2.45, 2.75) is 44.9 Å². The van der Waals surface area contributed by atoms with Gasteiger partial charge in [-0.3, -0.25) is 0 Å². The molecule has 2 aromatic rings. The highest BCUT2D eigenvalue weighted by Crippen LogP contribution is 2.32. The molecule has 162 valence electrons. The second-order valence-corrected chi connectivity index (χ2v) is 6.86. The molecular weight excluding hydrogens is 404 g/mol. The first-order valence-electron chi connectivity index (χ1n) is 9.52. The maximum absolute atomic E-state index is 12.4. The lowest BCUT2D eigenvalue weighted by Gasteiger charge is -2.27. The molecule has 1 unspecified atom stereocenters. The maximum Gasteiger partial charge on any atom is 0.387 e. The number of carbonyl (C=O) groups is 1. The number of carbonyl (C=O) groups excluding carboxylic acids is 1. The van der Waals surface area contributed by atoms with Crippen LogP contribution in [0.15, 0.2) is 42.5 Å². The van der Waals surface area contributed by atoms with Gasteiger partial charge in [0, 0.05) is 6.54 Å². The quantitative estimate of drug-likeness (QED) is 0.596. The summed E-state index contributed by atoms with van der Waals surface area (Å²) in [6.07, 6.45) is -0.304. The van der Waals surface area contributed by atoms with Crippen LogP contribution in [0, 0.1) is 0 Å². The van der Waals surface area contributed by atoms with Crippen molar-refractivity contribution in [1.29, 1.82) is 0 Å². The first-order valence-corrected chi connectivity index (χ1v) is 9.52. The van der Waals surface area contributed by atoms with Crippen LogP contribution >= 0.6 is 0 Å². The van der Waals surface area contributed by atoms with E-state index in [9.17, 15) is 22.4 Å². The normalized spacial score (nSPS) is 15.6. The third kappa shape index (κ3) is 6.27. The summed E-state index contributed by atoms with van der Waals surface area (Å²) >= 11 is 0. The lowest BCUT2D eigenvalue weighted by molar-refractivity contribution is -0.0499. The number of fused-ring (bicyclic) bond motifs is 1. The molecule has 5 nitrogen and oxygen atoms in total. The van der Waals surface area contributed by atoms with E-state index >= 15 is 0 Å². The van der Waals surface area contributed by atoms with Gasteiger partial charge in [0.2, 0.25) is 0 Å². The summed E-state index contributed by atoms with van der Waals surface area (Å²) in [6, 6.07) is 10.7. The molecule has 0 saturated carbocycles. The Morgan fingerprint density at radius 3 is 2.70 bits per heavy atom. The van der Waals surface area contributed by atoms with Crippen molar-refractivity contribution < 1.29 is 31.8 Å². The first kappa shape index (κ1) is 21.7. The monoisotopic (exact) mass is 426 g/mol. The lowest BCUT2D eigenvalue weighted by atomic mass is 9.87. The Morgan fingerprint density at radius 2 is 1.93 bits per heavy atom. The molecule has 1 atom stereocenters. The van der Waals surface area contributed by atoms with Crippen LogP contribution in [0.2, 0.25) is 0 Å². The fraction of sp³-hybridized carbons (Fsp3) is 0.381. The zero-order valence-corrected chi connectivity index (χ0v) is 16.0. The smallest absolute Gasteiger partial charge is 0.387 e. The molecule has 0 aliphatic heterocycles. The van der Waals surface area contributed by atoms with Crippen LogP contribution in [-0.4, -0.2) is 25.7 Å². The lowest BCUT2D eigenvalue weighted by Crippen LogP contribution is -2.38. The average molecular weight is 426 g/mol. The van der Waals surface area contributed by atoms with Crippen molar-refractivity contribution >= 4 is 6.03 Å². The van der Waals surface area contributed by atoms with E-state index in [1.807, 2.05) is 0 Å². The van der Waals surface area contributed by atoms with Gasteiger partial charge in [-0.05, 0) is 60.2 Å². The van der Waals surface area contributed by atoms with Crippen molar-refractivity contribution in [3.8, 4) is 11.5 Å². The number of halogens is 4. The van der Waals surface area contributed by atoms with Crippen molar-refractivity contribution in [2.24, 2.45) is 0 Å². The predicted octanol–water partition coefficient (Wildman–Crippen LogP) is 4.81. The molecular formula is C21H22F4N2O3. The highest BCUT2D eigenvalue weighted by atomic mass is 19.3. The van der Waals surface area contributed by atoms with Crippen LogP contribution < -0.4 is 20.1 Å². The Bertz CT molecular complexity index is 864. The van der Waals surface area contributed by atoms with E-state index in [4.69, 9.17) is 4.74 Å². The second-order valence-electron chi connectivity index (χ2n) is 6.86. The van der Waals surface area contributed by atoms with Gasteiger partial charge in [0.25, 0.3) is 6.43 Å². The second kappa shape index (κ2) is 10.2. The number of amides is 2. The van der Waals surface area contributed by atoms with Gasteiger partial charge in [-0.15, -0.1) is 0 Å². The van der Waals surface area contributed by atoms with E-state index in [-0.39, 0.29) is 24.4 Å². The molecule has 0 radical (unpaired) electrons. The van der Waals surface area contributed by atoms with Gasteiger partial charge in [-0.2, -0.15) is 8.78 Å². The molecule has 1 aliphatic carbocycles. The number of ether oxygens (including phenoxy) is 2. The highest BCUT2D eigenvalue weighted by molar-refractivity contribution is 5.74. The van der Waals surface area contributed by atoms with Crippen LogP contribution in [0.3, 0.4) is 0 Å². The first-order chi connectivity index (χ1) is 14.4. The van der Waals surface area contributed by atoms with E-state index in [1.54, 1.807) is 36.4 Å². The molecule has 0 bridgehead atoms. The minimum absolute atomic E-state index is 0.0998. The predicted molar refractivity (Wildman–Crippen MR) is 102 cm³/mol. The van der Waals surface area contributed by atoms with Crippen LogP contribution in [0.5, 0.6) is 11.5 Å². The summed E-state index contributed by atoms with van der Waals surface area (Å²) in [5.74, 6) is 0.404. The zero-order valence-electron chi connectivity index (χ0n) is 16.0. The third-order valence-corrected chi connectivity index (χ3v) is 4.69. The van der Waals surface area contributed by atoms with Gasteiger partial charge in [0.05, 0.1) is 6.04 Å². The number of hydrogen-bond donors (Lipinski definition) is 2. The van der Waals surface area contributed by atoms with Crippen molar-refractivity contribution in [1.82, 2.24) is 10.6 Å². The molecule has 0 fully saturated rings. The van der Waals surface area contributed by atoms with E-state index in [0.717, 1.165) is 30.4 Å². The number of rotatable bonds is 8. The average Bonchev–Trinajstić information content (AvgIpc) is 2.71. The summed E-state index contributed by atoms with van der Waals surface area (Å²) in [4.78, 5) is 12.3. The summed E-state index contributed by atoms with van der Waals surface area (Å²) in [7, 11) is 0. The van der Waals surface area contributed by atoms with Crippen molar-refractivity contribution in [3.05, 3.63) is 59.2 Å². The zero-order chi connectivity index (χ0) is 21.5. The molecule has 0 saturated heterocycles. The largest absolute Gasteiger partial charge is 0.488 e. The molecule has 2 aromatic carbocycles. The number of alkyl halides is 4. The Labute approximate surface area is 171 Å². The Kier molecular flexibility index (Phi) is 7.37. The standard InChI is InChI=1S/C21H22F4N2O3/c22-19(23)12-29-15-5-1-3-13(9-15)11-26-21(28)27-18-6-2-4-14-10-16(30-20(24)25)7-8-17(14)18/h1,3,5,7-10,18-20H,2,4,6,11-12H2,(H2,26,27,28). The molecule has 2 N–H and O–H groups in total. The molecule has 2 amide bonds.